The Labute approximate surface area is 229 Å². The molecular weight excluding hydrogens is 488 g/mol. The number of nitrogens with one attached hydrogen (secondary N) is 1. The molecule has 6 rings (SSSR count). The normalized spacial score (nSPS) is 12.9. The highest BCUT2D eigenvalue weighted by Crippen LogP contribution is 2.39. The molecule has 5 aromatic rings. The molecule has 0 spiro atoms. The Morgan fingerprint density at radius 1 is 0.895 bits per heavy atom. The molecule has 5 nitrogen and oxygen atoms in total. The van der Waals surface area contributed by atoms with E-state index in [0.29, 0.717) is 4.99 Å². The van der Waals surface area contributed by atoms with Crippen molar-refractivity contribution in [1.29, 1.82) is 0 Å². The Kier molecular flexibility index (Phi) is 6.28. The number of hydrogen-bond donors (Lipinski definition) is 1. The second kappa shape index (κ2) is 9.76. The topological polar surface area (TPSA) is 43.5 Å². The highest BCUT2D eigenvalue weighted by atomic mass is 32.1. The van der Waals surface area contributed by atoms with Gasteiger partial charge in [0.1, 0.15) is 22.1 Å². The lowest BCUT2D eigenvalue weighted by Crippen LogP contribution is -2.15. The highest BCUT2D eigenvalue weighted by Gasteiger charge is 2.29. The number of rotatable bonds is 5. The lowest BCUT2D eigenvalue weighted by atomic mass is 9.97. The second-order valence-electron chi connectivity index (χ2n) is 10.2. The van der Waals surface area contributed by atoms with Gasteiger partial charge in [-0.2, -0.15) is 0 Å². The van der Waals surface area contributed by atoms with Crippen LogP contribution in [0.2, 0.25) is 0 Å². The first-order valence-corrected chi connectivity index (χ1v) is 13.6. The lowest BCUT2D eigenvalue weighted by Gasteiger charge is -2.14. The highest BCUT2D eigenvalue weighted by molar-refractivity contribution is 7.81. The SMILES string of the molecule is COc1ccc(-c2c3c4n(c(-c5ccc(C)cc5)nn4c2C(=S)Nc2cc(C)ccc2C)CCCC3)cc1. The number of aromatic nitrogens is 3. The van der Waals surface area contributed by atoms with Crippen LogP contribution in [0.15, 0.2) is 66.7 Å². The summed E-state index contributed by atoms with van der Waals surface area (Å²) >= 11 is 6.16. The van der Waals surface area contributed by atoms with Crippen LogP contribution in [0.1, 0.15) is 40.8 Å². The molecular formula is C32H32N4OS. The van der Waals surface area contributed by atoms with E-state index in [1.54, 1.807) is 7.11 Å². The number of ether oxygens (including phenoxy) is 1. The molecule has 0 amide bonds. The van der Waals surface area contributed by atoms with Crippen LogP contribution < -0.4 is 10.1 Å². The van der Waals surface area contributed by atoms with Gasteiger partial charge in [-0.3, -0.25) is 0 Å². The molecule has 0 saturated carbocycles. The minimum atomic E-state index is 0.673. The van der Waals surface area contributed by atoms with Crippen LogP contribution in [0, 0.1) is 20.8 Å². The first-order chi connectivity index (χ1) is 18.4. The van der Waals surface area contributed by atoms with E-state index < -0.39 is 0 Å². The third-order valence-electron chi connectivity index (χ3n) is 7.53. The van der Waals surface area contributed by atoms with Crippen LogP contribution in [0.5, 0.6) is 5.75 Å². The first kappa shape index (κ1) is 24.4. The van der Waals surface area contributed by atoms with Crippen LogP contribution in [-0.2, 0) is 13.0 Å². The van der Waals surface area contributed by atoms with Gasteiger partial charge in [-0.1, -0.05) is 66.3 Å². The van der Waals surface area contributed by atoms with Gasteiger partial charge in [-0.05, 0) is 74.9 Å². The van der Waals surface area contributed by atoms with Crippen molar-refractivity contribution in [3.63, 3.8) is 0 Å². The van der Waals surface area contributed by atoms with Gasteiger partial charge >= 0.3 is 0 Å². The van der Waals surface area contributed by atoms with Crippen molar-refractivity contribution in [3.8, 4) is 28.3 Å². The average Bonchev–Trinajstić information content (AvgIpc) is 3.34. The molecule has 0 saturated heterocycles. The Balaban J connectivity index is 1.60. The van der Waals surface area contributed by atoms with Crippen molar-refractivity contribution < 1.29 is 4.74 Å². The summed E-state index contributed by atoms with van der Waals surface area (Å²) in [5.41, 5.74) is 11.4. The van der Waals surface area contributed by atoms with E-state index in [0.717, 1.165) is 76.7 Å². The lowest BCUT2D eigenvalue weighted by molar-refractivity contribution is 0.415. The fourth-order valence-electron chi connectivity index (χ4n) is 5.48. The van der Waals surface area contributed by atoms with Crippen LogP contribution in [0.4, 0.5) is 5.69 Å². The van der Waals surface area contributed by atoms with Crippen LogP contribution in [-0.4, -0.2) is 26.3 Å². The fraction of sp³-hybridized carbons (Fsp3) is 0.250. The fourth-order valence-corrected chi connectivity index (χ4v) is 5.78. The summed E-state index contributed by atoms with van der Waals surface area (Å²) in [6.45, 7) is 7.26. The summed E-state index contributed by atoms with van der Waals surface area (Å²) in [6, 6.07) is 23.4. The molecule has 2 aromatic heterocycles. The van der Waals surface area contributed by atoms with Gasteiger partial charge in [0.25, 0.3) is 0 Å². The van der Waals surface area contributed by atoms with Gasteiger partial charge in [0.15, 0.2) is 5.82 Å². The van der Waals surface area contributed by atoms with E-state index in [4.69, 9.17) is 22.1 Å². The summed E-state index contributed by atoms with van der Waals surface area (Å²) in [4.78, 5) is 0.673. The van der Waals surface area contributed by atoms with Crippen LogP contribution in [0.25, 0.3) is 28.2 Å². The standard InChI is InChI=1S/C32H32N4OS/c1-20-9-12-24(13-10-20)30-34-36-29(31(38)33-27-19-21(2)8-11-22(27)3)28(23-14-16-25(37-4)17-15-23)26-7-5-6-18-35(30)32(26)36/h8-17,19H,5-7,18H2,1-4H3,(H,33,38). The maximum Gasteiger partial charge on any atom is 0.162 e. The van der Waals surface area contributed by atoms with E-state index in [1.165, 1.54) is 16.7 Å². The molecule has 192 valence electrons. The third-order valence-corrected chi connectivity index (χ3v) is 7.83. The van der Waals surface area contributed by atoms with Gasteiger partial charge in [0.05, 0.1) is 7.11 Å². The van der Waals surface area contributed by atoms with Gasteiger partial charge in [-0.25, -0.2) is 4.52 Å². The monoisotopic (exact) mass is 520 g/mol. The van der Waals surface area contributed by atoms with E-state index >= 15 is 0 Å². The molecule has 38 heavy (non-hydrogen) atoms. The second-order valence-corrected chi connectivity index (χ2v) is 10.6. The Hall–Kier alpha value is -3.90. The van der Waals surface area contributed by atoms with E-state index in [9.17, 15) is 0 Å². The first-order valence-electron chi connectivity index (χ1n) is 13.2. The maximum atomic E-state index is 6.16. The number of methoxy groups -OCH3 is 1. The Morgan fingerprint density at radius 3 is 2.34 bits per heavy atom. The molecule has 0 radical (unpaired) electrons. The number of aryl methyl sites for hydroxylation is 5. The van der Waals surface area contributed by atoms with Crippen molar-refractivity contribution in [2.45, 2.75) is 46.6 Å². The minimum Gasteiger partial charge on any atom is -0.497 e. The zero-order chi connectivity index (χ0) is 26.4. The molecule has 3 heterocycles. The number of anilines is 1. The van der Waals surface area contributed by atoms with Crippen molar-refractivity contribution in [2.75, 3.05) is 12.4 Å². The molecule has 0 fully saturated rings. The molecule has 0 bridgehead atoms. The molecule has 6 heteroatoms. The Morgan fingerprint density at radius 2 is 1.61 bits per heavy atom. The number of thiocarbonyl (C=S) groups is 1. The van der Waals surface area contributed by atoms with Gasteiger partial charge in [-0.15, -0.1) is 5.10 Å². The van der Waals surface area contributed by atoms with Gasteiger partial charge in [0, 0.05) is 28.9 Å². The van der Waals surface area contributed by atoms with Crippen LogP contribution >= 0.6 is 12.2 Å². The van der Waals surface area contributed by atoms with Crippen molar-refractivity contribution in [1.82, 2.24) is 14.2 Å². The van der Waals surface area contributed by atoms with Gasteiger partial charge < -0.3 is 14.6 Å². The number of hydrogen-bond acceptors (Lipinski definition) is 3. The predicted molar refractivity (Wildman–Crippen MR) is 160 cm³/mol. The van der Waals surface area contributed by atoms with Crippen molar-refractivity contribution in [2.24, 2.45) is 0 Å². The van der Waals surface area contributed by atoms with Crippen LogP contribution in [0.3, 0.4) is 0 Å². The van der Waals surface area contributed by atoms with E-state index in [2.05, 4.69) is 89.8 Å². The largest absolute Gasteiger partial charge is 0.497 e. The minimum absolute atomic E-state index is 0.673. The molecule has 1 aliphatic rings. The zero-order valence-corrected chi connectivity index (χ0v) is 23.2. The summed E-state index contributed by atoms with van der Waals surface area (Å²) < 4.78 is 9.94. The molecule has 1 N–H and O–H groups in total. The molecule has 1 aliphatic heterocycles. The number of benzene rings is 3. The molecule has 0 atom stereocenters. The summed E-state index contributed by atoms with van der Waals surface area (Å²) in [5, 5.41) is 8.81. The number of nitrogens with zero attached hydrogens (tertiary/aromatic N) is 3. The zero-order valence-electron chi connectivity index (χ0n) is 22.3. The summed E-state index contributed by atoms with van der Waals surface area (Å²) in [5.74, 6) is 1.82. The maximum absolute atomic E-state index is 6.16. The molecule has 0 unspecified atom stereocenters. The smallest absolute Gasteiger partial charge is 0.162 e. The van der Waals surface area contributed by atoms with Crippen molar-refractivity contribution >= 4 is 28.5 Å². The van der Waals surface area contributed by atoms with Crippen molar-refractivity contribution in [3.05, 3.63) is 94.7 Å². The Bertz CT molecular complexity index is 1660. The summed E-state index contributed by atoms with van der Waals surface area (Å²) in [7, 11) is 1.70. The predicted octanol–water partition coefficient (Wildman–Crippen LogP) is 7.53. The summed E-state index contributed by atoms with van der Waals surface area (Å²) in [6.07, 6.45) is 3.21. The molecule has 3 aromatic carbocycles. The van der Waals surface area contributed by atoms with Gasteiger partial charge in [0.2, 0.25) is 0 Å². The molecule has 0 aliphatic carbocycles. The van der Waals surface area contributed by atoms with E-state index in [1.807, 2.05) is 12.1 Å². The quantitative estimate of drug-likeness (QED) is 0.243. The van der Waals surface area contributed by atoms with E-state index in [-0.39, 0.29) is 0 Å². The third kappa shape index (κ3) is 4.19. The average molecular weight is 521 g/mol.